The van der Waals surface area contributed by atoms with Gasteiger partial charge in [-0.2, -0.15) is 13.2 Å². The summed E-state index contributed by atoms with van der Waals surface area (Å²) in [6.45, 7) is 7.64. The van der Waals surface area contributed by atoms with E-state index >= 15 is 0 Å². The van der Waals surface area contributed by atoms with E-state index in [0.29, 0.717) is 11.0 Å². The molecule has 0 unspecified atom stereocenters. The van der Waals surface area contributed by atoms with Crippen molar-refractivity contribution in [2.24, 2.45) is 0 Å². The van der Waals surface area contributed by atoms with Gasteiger partial charge in [-0.15, -0.1) is 0 Å². The molecule has 1 aliphatic rings. The third-order valence-electron chi connectivity index (χ3n) is 4.80. The Bertz CT molecular complexity index is 824. The summed E-state index contributed by atoms with van der Waals surface area (Å²) in [4.78, 5) is 7.08. The predicted octanol–water partition coefficient (Wildman–Crippen LogP) is 3.04. The minimum Gasteiger partial charge on any atom is -0.399 e. The van der Waals surface area contributed by atoms with Crippen LogP contribution in [0.3, 0.4) is 0 Å². The van der Waals surface area contributed by atoms with Crippen molar-refractivity contribution in [1.82, 2.24) is 9.97 Å². The Morgan fingerprint density at radius 2 is 1.69 bits per heavy atom. The van der Waals surface area contributed by atoms with Gasteiger partial charge in [-0.3, -0.25) is 0 Å². The van der Waals surface area contributed by atoms with E-state index in [9.17, 15) is 13.2 Å². The topological polar surface area (TPSA) is 70.3 Å². The third-order valence-corrected chi connectivity index (χ3v) is 4.80. The Morgan fingerprint density at radius 1 is 1.08 bits per heavy atom. The molecule has 26 heavy (non-hydrogen) atoms. The Hall–Kier alpha value is -2.13. The standard InChI is InChI=1S/C17H19BF3N3O2/c1-15(2)16(3,4)26-18(25-15)11-7-5-6-10(8-11)12-9-23-14(22)24-13(12)17(19,20)21/h5-9H,1-4H3,(H2,22,23,24). The van der Waals surface area contributed by atoms with E-state index in [1.54, 1.807) is 24.3 Å². The van der Waals surface area contributed by atoms with Crippen LogP contribution in [0.5, 0.6) is 0 Å². The highest BCUT2D eigenvalue weighted by molar-refractivity contribution is 6.62. The molecular weight excluding hydrogens is 346 g/mol. The van der Waals surface area contributed by atoms with Gasteiger partial charge in [-0.05, 0) is 38.7 Å². The molecule has 1 fully saturated rings. The van der Waals surface area contributed by atoms with Crippen LogP contribution in [0.25, 0.3) is 11.1 Å². The molecule has 1 aromatic heterocycles. The number of hydrogen-bond acceptors (Lipinski definition) is 5. The number of alkyl halides is 3. The van der Waals surface area contributed by atoms with E-state index in [-0.39, 0.29) is 5.56 Å². The molecule has 0 spiro atoms. The molecule has 3 rings (SSSR count). The van der Waals surface area contributed by atoms with Crippen molar-refractivity contribution in [3.05, 3.63) is 36.2 Å². The lowest BCUT2D eigenvalue weighted by Crippen LogP contribution is -2.41. The van der Waals surface area contributed by atoms with E-state index < -0.39 is 36.1 Å². The first kappa shape index (κ1) is 18.7. The van der Waals surface area contributed by atoms with Gasteiger partial charge in [0.1, 0.15) is 0 Å². The lowest BCUT2D eigenvalue weighted by Gasteiger charge is -2.32. The van der Waals surface area contributed by atoms with Crippen molar-refractivity contribution in [2.45, 2.75) is 45.1 Å². The first-order valence-electron chi connectivity index (χ1n) is 8.06. The first-order valence-corrected chi connectivity index (χ1v) is 8.06. The average Bonchev–Trinajstić information content (AvgIpc) is 2.75. The molecule has 0 saturated carbocycles. The molecule has 0 radical (unpaired) electrons. The smallest absolute Gasteiger partial charge is 0.399 e. The van der Waals surface area contributed by atoms with E-state index in [4.69, 9.17) is 15.0 Å². The zero-order valence-corrected chi connectivity index (χ0v) is 14.9. The molecule has 2 heterocycles. The molecule has 138 valence electrons. The number of anilines is 1. The van der Waals surface area contributed by atoms with Gasteiger partial charge in [0.05, 0.1) is 11.2 Å². The van der Waals surface area contributed by atoms with E-state index in [1.165, 1.54) is 0 Å². The first-order chi connectivity index (χ1) is 11.9. The highest BCUT2D eigenvalue weighted by Gasteiger charge is 2.51. The Kier molecular flexibility index (Phi) is 4.27. The molecule has 1 aliphatic heterocycles. The fourth-order valence-electron chi connectivity index (χ4n) is 2.65. The number of nitrogens with zero attached hydrogens (tertiary/aromatic N) is 2. The fourth-order valence-corrected chi connectivity index (χ4v) is 2.65. The van der Waals surface area contributed by atoms with Crippen molar-refractivity contribution in [1.29, 1.82) is 0 Å². The highest BCUT2D eigenvalue weighted by Crippen LogP contribution is 2.38. The van der Waals surface area contributed by atoms with Crippen LogP contribution in [0.1, 0.15) is 33.4 Å². The normalized spacial score (nSPS) is 19.0. The van der Waals surface area contributed by atoms with Crippen molar-refractivity contribution in [3.63, 3.8) is 0 Å². The summed E-state index contributed by atoms with van der Waals surface area (Å²) in [6.07, 6.45) is -3.57. The van der Waals surface area contributed by atoms with Crippen LogP contribution in [0.15, 0.2) is 30.5 Å². The lowest BCUT2D eigenvalue weighted by atomic mass is 9.78. The van der Waals surface area contributed by atoms with Gasteiger partial charge >= 0.3 is 13.3 Å². The van der Waals surface area contributed by atoms with Gasteiger partial charge in [-0.1, -0.05) is 24.3 Å². The molecule has 0 aliphatic carbocycles. The summed E-state index contributed by atoms with van der Waals surface area (Å²) in [5.41, 5.74) is 3.94. The molecule has 1 aromatic carbocycles. The fraction of sp³-hybridized carbons (Fsp3) is 0.412. The molecule has 0 amide bonds. The molecule has 2 N–H and O–H groups in total. The summed E-state index contributed by atoms with van der Waals surface area (Å²) in [6, 6.07) is 6.54. The monoisotopic (exact) mass is 365 g/mol. The second-order valence-corrected chi connectivity index (χ2v) is 7.20. The third kappa shape index (κ3) is 3.28. The Labute approximate surface area is 149 Å². The van der Waals surface area contributed by atoms with Crippen LogP contribution < -0.4 is 11.2 Å². The van der Waals surface area contributed by atoms with Crippen molar-refractivity contribution in [2.75, 3.05) is 5.73 Å². The predicted molar refractivity (Wildman–Crippen MR) is 92.6 cm³/mol. The van der Waals surface area contributed by atoms with Crippen LogP contribution in [-0.4, -0.2) is 28.3 Å². The molecule has 0 bridgehead atoms. The summed E-state index contributed by atoms with van der Waals surface area (Å²) in [5, 5.41) is 0. The van der Waals surface area contributed by atoms with Gasteiger partial charge < -0.3 is 15.0 Å². The minimum absolute atomic E-state index is 0.148. The van der Waals surface area contributed by atoms with E-state index in [2.05, 4.69) is 9.97 Å². The molecular formula is C17H19BF3N3O2. The quantitative estimate of drug-likeness (QED) is 0.829. The van der Waals surface area contributed by atoms with Crippen LogP contribution in [-0.2, 0) is 15.5 Å². The summed E-state index contributed by atoms with van der Waals surface area (Å²) in [7, 11) is -0.677. The summed E-state index contributed by atoms with van der Waals surface area (Å²) < 4.78 is 51.9. The second-order valence-electron chi connectivity index (χ2n) is 7.20. The maximum atomic E-state index is 13.3. The number of nitrogen functional groups attached to an aromatic ring is 1. The van der Waals surface area contributed by atoms with E-state index in [1.807, 2.05) is 27.7 Å². The highest BCUT2D eigenvalue weighted by atomic mass is 19.4. The zero-order valence-electron chi connectivity index (χ0n) is 14.9. The zero-order chi connectivity index (χ0) is 19.3. The lowest BCUT2D eigenvalue weighted by molar-refractivity contribution is -0.140. The number of nitrogens with two attached hydrogens (primary N) is 1. The van der Waals surface area contributed by atoms with E-state index in [0.717, 1.165) is 6.20 Å². The largest absolute Gasteiger partial charge is 0.494 e. The maximum Gasteiger partial charge on any atom is 0.494 e. The van der Waals surface area contributed by atoms with Crippen molar-refractivity contribution < 1.29 is 22.5 Å². The number of benzene rings is 1. The van der Waals surface area contributed by atoms with Gasteiger partial charge in [0.15, 0.2) is 5.69 Å². The molecule has 5 nitrogen and oxygen atoms in total. The second kappa shape index (κ2) is 5.95. The number of hydrogen-bond donors (Lipinski definition) is 1. The van der Waals surface area contributed by atoms with Crippen LogP contribution >= 0.6 is 0 Å². The molecule has 9 heteroatoms. The summed E-state index contributed by atoms with van der Waals surface area (Å²) >= 11 is 0. The maximum absolute atomic E-state index is 13.3. The van der Waals surface area contributed by atoms with Gasteiger partial charge in [0.25, 0.3) is 0 Å². The van der Waals surface area contributed by atoms with Gasteiger partial charge in [-0.25, -0.2) is 9.97 Å². The van der Waals surface area contributed by atoms with Crippen LogP contribution in [0, 0.1) is 0 Å². The number of halogens is 3. The SMILES string of the molecule is CC1(C)OB(c2cccc(-c3cnc(N)nc3C(F)(F)F)c2)OC1(C)C. The number of rotatable bonds is 2. The van der Waals surface area contributed by atoms with Gasteiger partial charge in [0, 0.05) is 11.8 Å². The molecule has 2 aromatic rings. The average molecular weight is 365 g/mol. The minimum atomic E-state index is -4.65. The van der Waals surface area contributed by atoms with Crippen molar-refractivity contribution >= 4 is 18.5 Å². The van der Waals surface area contributed by atoms with Crippen molar-refractivity contribution in [3.8, 4) is 11.1 Å². The molecule has 1 saturated heterocycles. The summed E-state index contributed by atoms with van der Waals surface area (Å²) in [5.74, 6) is -0.428. The Balaban J connectivity index is 2.02. The van der Waals surface area contributed by atoms with Crippen LogP contribution in [0.2, 0.25) is 0 Å². The molecule has 0 atom stereocenters. The number of aromatic nitrogens is 2. The van der Waals surface area contributed by atoms with Crippen LogP contribution in [0.4, 0.5) is 19.1 Å². The Morgan fingerprint density at radius 3 is 2.27 bits per heavy atom. The van der Waals surface area contributed by atoms with Gasteiger partial charge in [0.2, 0.25) is 5.95 Å².